The zero-order chi connectivity index (χ0) is 25.6. The molecule has 2 rings (SSSR count). The largest absolute Gasteiger partial charge is 0.463 e. The Morgan fingerprint density at radius 3 is 2.03 bits per heavy atom. The molecule has 0 heterocycles. The highest BCUT2D eigenvalue weighted by atomic mass is 19.4. The summed E-state index contributed by atoms with van der Waals surface area (Å²) in [6.07, 6.45) is -10.9. The molecule has 0 fully saturated rings. The number of nitrogens with zero attached hydrogens (tertiary/aromatic N) is 1. The standard InChI is InChI=1S/C21H20F6N4O3/c1-3-34-18(33)19(21(25,26)27,29-16(32)14-7-5-4-6-8-14)31-30-17(20(22,23)24)28-15-11-9-13(2)10-12-15/h4-12,31H,3H2,1-2H3,(H,28,30)(H,29,32)/t19-/m0/s1. The Kier molecular flexibility index (Phi) is 8.26. The molecule has 0 spiro atoms. The summed E-state index contributed by atoms with van der Waals surface area (Å²) in [4.78, 5) is 28.1. The number of alkyl halides is 6. The van der Waals surface area contributed by atoms with Gasteiger partial charge < -0.3 is 10.1 Å². The molecule has 0 aromatic heterocycles. The third-order valence-corrected chi connectivity index (χ3v) is 4.26. The molecule has 1 amide bonds. The third-order valence-electron chi connectivity index (χ3n) is 4.26. The van der Waals surface area contributed by atoms with Crippen molar-refractivity contribution in [2.24, 2.45) is 4.99 Å². The Hall–Kier alpha value is -3.61. The van der Waals surface area contributed by atoms with E-state index in [0.717, 1.165) is 12.1 Å². The first-order valence-electron chi connectivity index (χ1n) is 9.67. The molecule has 0 aliphatic rings. The first-order valence-corrected chi connectivity index (χ1v) is 9.67. The average molecular weight is 490 g/mol. The number of hydrazine groups is 1. The Morgan fingerprint density at radius 2 is 1.53 bits per heavy atom. The Balaban J connectivity index is 2.49. The number of benzene rings is 2. The fourth-order valence-electron chi connectivity index (χ4n) is 2.53. The number of amidine groups is 1. The van der Waals surface area contributed by atoms with Gasteiger partial charge in [0.1, 0.15) is 0 Å². The molecular weight excluding hydrogens is 470 g/mol. The molecule has 1 atom stereocenters. The second kappa shape index (κ2) is 10.5. The maximum absolute atomic E-state index is 14.1. The fourth-order valence-corrected chi connectivity index (χ4v) is 2.53. The summed E-state index contributed by atoms with van der Waals surface area (Å²) in [7, 11) is 0. The van der Waals surface area contributed by atoms with E-state index in [1.807, 2.05) is 0 Å². The molecule has 0 aliphatic carbocycles. The Morgan fingerprint density at radius 1 is 0.941 bits per heavy atom. The van der Waals surface area contributed by atoms with Gasteiger partial charge in [-0.25, -0.2) is 9.79 Å². The molecule has 0 aliphatic heterocycles. The number of carbonyl (C=O) groups is 2. The van der Waals surface area contributed by atoms with Crippen LogP contribution in [0, 0.1) is 6.92 Å². The third kappa shape index (κ3) is 6.47. The maximum atomic E-state index is 14.1. The molecule has 0 saturated heterocycles. The van der Waals surface area contributed by atoms with Gasteiger partial charge in [-0.05, 0) is 38.1 Å². The van der Waals surface area contributed by atoms with Crippen molar-refractivity contribution in [2.45, 2.75) is 31.9 Å². The lowest BCUT2D eigenvalue weighted by atomic mass is 10.1. The molecule has 34 heavy (non-hydrogen) atoms. The second-order valence-electron chi connectivity index (χ2n) is 6.83. The van der Waals surface area contributed by atoms with Gasteiger partial charge in [-0.2, -0.15) is 31.8 Å². The smallest absolute Gasteiger partial charge is 0.450 e. The van der Waals surface area contributed by atoms with E-state index in [1.54, 1.807) is 6.92 Å². The normalized spacial score (nSPS) is 14.2. The summed E-state index contributed by atoms with van der Waals surface area (Å²) in [5.41, 5.74) is -1.32. The number of aryl methyl sites for hydroxylation is 1. The predicted octanol–water partition coefficient (Wildman–Crippen LogP) is 3.93. The van der Waals surface area contributed by atoms with E-state index in [1.165, 1.54) is 65.6 Å². The van der Waals surface area contributed by atoms with Crippen LogP contribution >= 0.6 is 0 Å². The van der Waals surface area contributed by atoms with Crippen LogP contribution in [-0.2, 0) is 9.53 Å². The molecule has 13 heteroatoms. The topological polar surface area (TPSA) is 91.8 Å². The van der Waals surface area contributed by atoms with Gasteiger partial charge in [-0.1, -0.05) is 35.9 Å². The minimum absolute atomic E-state index is 0.228. The van der Waals surface area contributed by atoms with Gasteiger partial charge in [0, 0.05) is 5.56 Å². The number of halogens is 6. The quantitative estimate of drug-likeness (QED) is 0.137. The SMILES string of the molecule is CCOC(=O)[C@@](NNC(=Nc1ccc(C)cc1)C(F)(F)F)(NC(=O)c1ccccc1)C(F)(F)F. The minimum Gasteiger partial charge on any atom is -0.463 e. The molecule has 0 unspecified atom stereocenters. The van der Waals surface area contributed by atoms with Crippen LogP contribution in [0.25, 0.3) is 0 Å². The Bertz CT molecular complexity index is 1020. The monoisotopic (exact) mass is 490 g/mol. The summed E-state index contributed by atoms with van der Waals surface area (Å²) < 4.78 is 87.3. The zero-order valence-corrected chi connectivity index (χ0v) is 17.8. The van der Waals surface area contributed by atoms with Crippen molar-refractivity contribution >= 4 is 23.4 Å². The van der Waals surface area contributed by atoms with Crippen LogP contribution in [0.4, 0.5) is 32.0 Å². The number of ether oxygens (including phenoxy) is 1. The van der Waals surface area contributed by atoms with E-state index in [4.69, 9.17) is 0 Å². The lowest BCUT2D eigenvalue weighted by Gasteiger charge is -2.35. The lowest BCUT2D eigenvalue weighted by Crippen LogP contribution is -2.76. The number of rotatable bonds is 7. The molecule has 184 valence electrons. The van der Waals surface area contributed by atoms with E-state index in [9.17, 15) is 35.9 Å². The van der Waals surface area contributed by atoms with Crippen LogP contribution in [0.2, 0.25) is 0 Å². The van der Waals surface area contributed by atoms with Crippen LogP contribution in [0.3, 0.4) is 0 Å². The van der Waals surface area contributed by atoms with Crippen LogP contribution in [-0.4, -0.2) is 42.3 Å². The molecule has 0 bridgehead atoms. The van der Waals surface area contributed by atoms with E-state index < -0.39 is 42.3 Å². The van der Waals surface area contributed by atoms with Crippen LogP contribution in [0.15, 0.2) is 59.6 Å². The molecule has 0 saturated carbocycles. The van der Waals surface area contributed by atoms with E-state index in [-0.39, 0.29) is 11.3 Å². The van der Waals surface area contributed by atoms with Crippen molar-refractivity contribution in [2.75, 3.05) is 6.61 Å². The molecule has 7 nitrogen and oxygen atoms in total. The van der Waals surface area contributed by atoms with Gasteiger partial charge in [0.25, 0.3) is 5.91 Å². The summed E-state index contributed by atoms with van der Waals surface area (Å²) in [6, 6.07) is 11.8. The van der Waals surface area contributed by atoms with E-state index in [0.29, 0.717) is 5.56 Å². The van der Waals surface area contributed by atoms with Crippen molar-refractivity contribution in [3.63, 3.8) is 0 Å². The summed E-state index contributed by atoms with van der Waals surface area (Å²) in [5, 5.41) is 1.42. The number of hydrogen-bond acceptors (Lipinski definition) is 5. The highest BCUT2D eigenvalue weighted by molar-refractivity contribution is 5.98. The first kappa shape index (κ1) is 26.6. The van der Waals surface area contributed by atoms with Gasteiger partial charge in [-0.15, -0.1) is 0 Å². The molecular formula is C21H20F6N4O3. The average Bonchev–Trinajstić information content (AvgIpc) is 2.76. The number of esters is 1. The lowest BCUT2D eigenvalue weighted by molar-refractivity contribution is -0.220. The van der Waals surface area contributed by atoms with Crippen molar-refractivity contribution in [1.29, 1.82) is 0 Å². The highest BCUT2D eigenvalue weighted by Gasteiger charge is 2.64. The zero-order valence-electron chi connectivity index (χ0n) is 17.8. The molecule has 3 N–H and O–H groups in total. The van der Waals surface area contributed by atoms with Crippen molar-refractivity contribution in [3.8, 4) is 0 Å². The second-order valence-corrected chi connectivity index (χ2v) is 6.83. The molecule has 2 aromatic carbocycles. The highest BCUT2D eigenvalue weighted by Crippen LogP contribution is 2.30. The summed E-state index contributed by atoms with van der Waals surface area (Å²) >= 11 is 0. The first-order chi connectivity index (χ1) is 15.8. The number of nitrogens with one attached hydrogen (secondary N) is 3. The minimum atomic E-state index is -5.64. The Labute approximate surface area is 190 Å². The fraction of sp³-hybridized carbons (Fsp3) is 0.286. The van der Waals surface area contributed by atoms with Gasteiger partial charge in [-0.3, -0.25) is 10.2 Å². The molecule has 0 radical (unpaired) electrons. The van der Waals surface area contributed by atoms with Crippen LogP contribution in [0.5, 0.6) is 0 Å². The van der Waals surface area contributed by atoms with Crippen molar-refractivity contribution in [3.05, 3.63) is 65.7 Å². The summed E-state index contributed by atoms with van der Waals surface area (Å²) in [5.74, 6) is -5.39. The molecule has 2 aromatic rings. The number of aliphatic imine (C=N–C) groups is 1. The number of carbonyl (C=O) groups excluding carboxylic acids is 2. The van der Waals surface area contributed by atoms with Crippen molar-refractivity contribution < 1.29 is 40.7 Å². The van der Waals surface area contributed by atoms with E-state index >= 15 is 0 Å². The van der Waals surface area contributed by atoms with E-state index in [2.05, 4.69) is 9.73 Å². The van der Waals surface area contributed by atoms with Gasteiger partial charge in [0.15, 0.2) is 0 Å². The van der Waals surface area contributed by atoms with Gasteiger partial charge in [0.05, 0.1) is 12.3 Å². The maximum Gasteiger partial charge on any atom is 0.450 e. The van der Waals surface area contributed by atoms with Crippen LogP contribution < -0.4 is 16.2 Å². The van der Waals surface area contributed by atoms with Gasteiger partial charge >= 0.3 is 24.0 Å². The van der Waals surface area contributed by atoms with Crippen LogP contribution in [0.1, 0.15) is 22.8 Å². The number of hydrogen-bond donors (Lipinski definition) is 3. The predicted molar refractivity (Wildman–Crippen MR) is 110 cm³/mol. The summed E-state index contributed by atoms with van der Waals surface area (Å²) in [6.45, 7) is 2.30. The number of amides is 1. The van der Waals surface area contributed by atoms with Crippen molar-refractivity contribution in [1.82, 2.24) is 16.2 Å². The van der Waals surface area contributed by atoms with Gasteiger partial charge in [0.2, 0.25) is 5.84 Å².